The minimum absolute atomic E-state index is 0. The molecule has 0 aliphatic rings. The van der Waals surface area contributed by atoms with Crippen LogP contribution < -0.4 is 4.90 Å². The van der Waals surface area contributed by atoms with Gasteiger partial charge in [-0.15, -0.1) is 12.4 Å². The molecule has 0 saturated carbocycles. The van der Waals surface area contributed by atoms with Crippen LogP contribution >= 0.6 is 39.7 Å². The van der Waals surface area contributed by atoms with Crippen molar-refractivity contribution in [2.45, 2.75) is 13.8 Å². The number of fused-ring (bicyclic) bond motifs is 1. The molecular weight excluding hydrogens is 446 g/mol. The molecule has 0 radical (unpaired) electrons. The van der Waals surface area contributed by atoms with Crippen molar-refractivity contribution >= 4 is 60.9 Å². The Morgan fingerprint density at radius 1 is 1.07 bits per heavy atom. The smallest absolute Gasteiger partial charge is 0.260 e. The summed E-state index contributed by atoms with van der Waals surface area (Å²) in [7, 11) is 4.02. The Morgan fingerprint density at radius 2 is 1.74 bits per heavy atom. The predicted molar refractivity (Wildman–Crippen MR) is 121 cm³/mol. The lowest BCUT2D eigenvalue weighted by Crippen LogP contribution is -2.36. The van der Waals surface area contributed by atoms with Gasteiger partial charge in [-0.3, -0.25) is 9.69 Å². The summed E-state index contributed by atoms with van der Waals surface area (Å²) in [5.74, 6) is -0.0206. The molecule has 0 fully saturated rings. The number of hydrogen-bond acceptors (Lipinski definition) is 4. The van der Waals surface area contributed by atoms with E-state index >= 15 is 0 Å². The van der Waals surface area contributed by atoms with Crippen molar-refractivity contribution in [3.8, 4) is 0 Å². The van der Waals surface area contributed by atoms with Gasteiger partial charge in [0.1, 0.15) is 0 Å². The number of anilines is 1. The molecule has 0 atom stereocenters. The quantitative estimate of drug-likeness (QED) is 0.509. The van der Waals surface area contributed by atoms with Crippen LogP contribution in [0.25, 0.3) is 10.2 Å². The molecule has 0 aliphatic heterocycles. The van der Waals surface area contributed by atoms with E-state index in [9.17, 15) is 4.79 Å². The zero-order valence-electron chi connectivity index (χ0n) is 15.8. The fourth-order valence-corrected chi connectivity index (χ4v) is 3.98. The second-order valence-corrected chi connectivity index (χ2v) is 8.54. The highest BCUT2D eigenvalue weighted by Crippen LogP contribution is 2.32. The van der Waals surface area contributed by atoms with Gasteiger partial charge < -0.3 is 4.90 Å². The van der Waals surface area contributed by atoms with Gasteiger partial charge in [0.2, 0.25) is 0 Å². The summed E-state index contributed by atoms with van der Waals surface area (Å²) in [5, 5.41) is 0.753. The first kappa shape index (κ1) is 21.8. The number of thiazole rings is 1. The first-order valence-corrected chi connectivity index (χ1v) is 10.1. The van der Waals surface area contributed by atoms with Crippen molar-refractivity contribution in [3.05, 3.63) is 57.6 Å². The summed E-state index contributed by atoms with van der Waals surface area (Å²) < 4.78 is 2.07. The molecule has 1 aromatic heterocycles. The number of aromatic nitrogens is 1. The molecule has 0 saturated heterocycles. The highest BCUT2D eigenvalue weighted by atomic mass is 79.9. The van der Waals surface area contributed by atoms with Gasteiger partial charge in [0, 0.05) is 23.1 Å². The number of halogens is 2. The molecule has 0 N–H and O–H groups in total. The van der Waals surface area contributed by atoms with Crippen LogP contribution in [0.3, 0.4) is 0 Å². The van der Waals surface area contributed by atoms with Crippen LogP contribution in [-0.2, 0) is 0 Å². The Balaban J connectivity index is 0.00000261. The molecule has 0 bridgehead atoms. The molecular formula is C20H23BrClN3OS. The molecule has 2 aromatic carbocycles. The van der Waals surface area contributed by atoms with E-state index in [2.05, 4.69) is 46.8 Å². The average molecular weight is 469 g/mol. The lowest BCUT2D eigenvalue weighted by atomic mass is 10.1. The van der Waals surface area contributed by atoms with E-state index in [-0.39, 0.29) is 18.3 Å². The van der Waals surface area contributed by atoms with Crippen molar-refractivity contribution in [2.24, 2.45) is 0 Å². The molecule has 0 unspecified atom stereocenters. The van der Waals surface area contributed by atoms with Gasteiger partial charge in [-0.1, -0.05) is 33.3 Å². The fourth-order valence-electron chi connectivity index (χ4n) is 2.66. The maximum Gasteiger partial charge on any atom is 0.260 e. The molecule has 1 heterocycles. The van der Waals surface area contributed by atoms with Gasteiger partial charge in [0.05, 0.1) is 10.2 Å². The van der Waals surface area contributed by atoms with Crippen molar-refractivity contribution in [2.75, 3.05) is 32.1 Å². The number of carbonyl (C=O) groups is 1. The van der Waals surface area contributed by atoms with Gasteiger partial charge in [-0.05, 0) is 69.4 Å². The summed E-state index contributed by atoms with van der Waals surface area (Å²) in [4.78, 5) is 21.8. The predicted octanol–water partition coefficient (Wildman–Crippen LogP) is 5.31. The third kappa shape index (κ3) is 4.88. The molecule has 7 heteroatoms. The largest absolute Gasteiger partial charge is 0.308 e. The van der Waals surface area contributed by atoms with Crippen LogP contribution in [0, 0.1) is 13.8 Å². The maximum atomic E-state index is 13.2. The van der Waals surface area contributed by atoms with Crippen molar-refractivity contribution in [1.82, 2.24) is 9.88 Å². The normalized spacial score (nSPS) is 10.9. The van der Waals surface area contributed by atoms with Gasteiger partial charge in [0.15, 0.2) is 5.13 Å². The number of hydrogen-bond donors (Lipinski definition) is 0. The van der Waals surface area contributed by atoms with Crippen LogP contribution in [0.2, 0.25) is 0 Å². The number of aryl methyl sites for hydroxylation is 2. The molecule has 0 aliphatic carbocycles. The van der Waals surface area contributed by atoms with Crippen LogP contribution in [0.15, 0.2) is 40.9 Å². The van der Waals surface area contributed by atoms with Crippen molar-refractivity contribution in [3.63, 3.8) is 0 Å². The Hall–Kier alpha value is -1.47. The number of carbonyl (C=O) groups excluding carboxylic acids is 1. The summed E-state index contributed by atoms with van der Waals surface area (Å²) >= 11 is 4.99. The SMILES string of the molecule is Cc1ccc2sc(N(CCN(C)C)C(=O)c3ccc(Br)cc3)nc2c1C.Cl. The summed E-state index contributed by atoms with van der Waals surface area (Å²) in [6.45, 7) is 5.54. The second kappa shape index (κ2) is 9.15. The zero-order chi connectivity index (χ0) is 18.8. The molecule has 3 aromatic rings. The van der Waals surface area contributed by atoms with E-state index in [1.165, 1.54) is 11.1 Å². The monoisotopic (exact) mass is 467 g/mol. The van der Waals surface area contributed by atoms with Gasteiger partial charge in [-0.2, -0.15) is 0 Å². The highest BCUT2D eigenvalue weighted by Gasteiger charge is 2.22. The Morgan fingerprint density at radius 3 is 2.37 bits per heavy atom. The highest BCUT2D eigenvalue weighted by molar-refractivity contribution is 9.10. The van der Waals surface area contributed by atoms with Gasteiger partial charge >= 0.3 is 0 Å². The topological polar surface area (TPSA) is 36.4 Å². The van der Waals surface area contributed by atoms with Crippen LogP contribution in [-0.4, -0.2) is 43.0 Å². The number of nitrogens with zero attached hydrogens (tertiary/aromatic N) is 3. The van der Waals surface area contributed by atoms with Crippen molar-refractivity contribution in [1.29, 1.82) is 0 Å². The number of benzene rings is 2. The van der Waals surface area contributed by atoms with Crippen LogP contribution in [0.1, 0.15) is 21.5 Å². The van der Waals surface area contributed by atoms with E-state index in [1.807, 2.05) is 38.4 Å². The number of amides is 1. The van der Waals surface area contributed by atoms with E-state index < -0.39 is 0 Å². The minimum atomic E-state index is -0.0206. The van der Waals surface area contributed by atoms with Crippen molar-refractivity contribution < 1.29 is 4.79 Å². The first-order chi connectivity index (χ1) is 12.4. The minimum Gasteiger partial charge on any atom is -0.308 e. The van der Waals surface area contributed by atoms with E-state index in [0.717, 1.165) is 26.4 Å². The Kier molecular flexibility index (Phi) is 7.40. The zero-order valence-corrected chi connectivity index (χ0v) is 19.0. The lowest BCUT2D eigenvalue weighted by molar-refractivity contribution is 0.0985. The summed E-state index contributed by atoms with van der Waals surface area (Å²) in [6, 6.07) is 11.7. The van der Waals surface area contributed by atoms with Gasteiger partial charge in [0.25, 0.3) is 5.91 Å². The third-order valence-electron chi connectivity index (χ3n) is 4.41. The average Bonchev–Trinajstić information content (AvgIpc) is 3.03. The Labute approximate surface area is 178 Å². The molecule has 3 rings (SSSR count). The van der Waals surface area contributed by atoms with Gasteiger partial charge in [-0.25, -0.2) is 4.98 Å². The summed E-state index contributed by atoms with van der Waals surface area (Å²) in [6.07, 6.45) is 0. The van der Waals surface area contributed by atoms with Crippen LogP contribution in [0.5, 0.6) is 0 Å². The third-order valence-corrected chi connectivity index (χ3v) is 5.98. The van der Waals surface area contributed by atoms with Crippen LogP contribution in [0.4, 0.5) is 5.13 Å². The molecule has 1 amide bonds. The fraction of sp³-hybridized carbons (Fsp3) is 0.300. The number of likely N-dealkylation sites (N-methyl/N-ethyl adjacent to an activating group) is 1. The maximum absolute atomic E-state index is 13.2. The van der Waals surface area contributed by atoms with E-state index in [4.69, 9.17) is 4.98 Å². The molecule has 0 spiro atoms. The molecule has 144 valence electrons. The van der Waals surface area contributed by atoms with E-state index in [1.54, 1.807) is 16.2 Å². The summed E-state index contributed by atoms with van der Waals surface area (Å²) in [5.41, 5.74) is 4.05. The number of rotatable bonds is 5. The molecule has 4 nitrogen and oxygen atoms in total. The standard InChI is InChI=1S/C20H22BrN3OS.ClH/c1-13-5-10-17-18(14(13)2)22-20(26-17)24(12-11-23(3)4)19(25)15-6-8-16(21)9-7-15;/h5-10H,11-12H2,1-4H3;1H. The van der Waals surface area contributed by atoms with E-state index in [0.29, 0.717) is 12.1 Å². The molecule has 27 heavy (non-hydrogen) atoms. The second-order valence-electron chi connectivity index (χ2n) is 6.62. The lowest BCUT2D eigenvalue weighted by Gasteiger charge is -2.22. The Bertz CT molecular complexity index is 940. The first-order valence-electron chi connectivity index (χ1n) is 8.45.